The van der Waals surface area contributed by atoms with E-state index in [9.17, 15) is 22.8 Å². The van der Waals surface area contributed by atoms with Crippen LogP contribution in [-0.2, 0) is 9.59 Å². The Morgan fingerprint density at radius 3 is 2.64 bits per heavy atom. The lowest BCUT2D eigenvalue weighted by atomic mass is 10.1. The summed E-state index contributed by atoms with van der Waals surface area (Å²) in [6, 6.07) is 4.59. The minimum atomic E-state index is -4.80. The summed E-state index contributed by atoms with van der Waals surface area (Å²) < 4.78 is 40.9. The Kier molecular flexibility index (Phi) is 9.54. The maximum atomic E-state index is 12.5. The van der Waals surface area contributed by atoms with Crippen molar-refractivity contribution in [3.63, 3.8) is 0 Å². The fraction of sp³-hybridized carbons (Fsp3) is 0.556. The average molecular weight is 424 g/mol. The van der Waals surface area contributed by atoms with E-state index in [-0.39, 0.29) is 24.2 Å². The number of carbonyl (C=O) groups is 2. The van der Waals surface area contributed by atoms with Crippen molar-refractivity contribution < 1.29 is 27.5 Å². The van der Waals surface area contributed by atoms with Crippen molar-refractivity contribution in [1.82, 2.24) is 5.32 Å². The summed E-state index contributed by atoms with van der Waals surface area (Å²) in [5.41, 5.74) is 5.72. The Labute approximate surface area is 168 Å². The second kappa shape index (κ2) is 11.1. The molecule has 0 spiro atoms. The van der Waals surface area contributed by atoms with E-state index >= 15 is 0 Å². The molecule has 1 aliphatic rings. The number of unbranched alkanes of at least 4 members (excludes halogenated alkanes) is 3. The van der Waals surface area contributed by atoms with Gasteiger partial charge in [0.15, 0.2) is 0 Å². The summed E-state index contributed by atoms with van der Waals surface area (Å²) in [7, 11) is 0. The van der Waals surface area contributed by atoms with Crippen LogP contribution in [0.25, 0.3) is 0 Å². The lowest BCUT2D eigenvalue weighted by Gasteiger charge is -2.18. The Morgan fingerprint density at radius 2 is 1.96 bits per heavy atom. The van der Waals surface area contributed by atoms with E-state index in [1.807, 2.05) is 0 Å². The molecule has 0 bridgehead atoms. The number of rotatable bonds is 9. The number of nitrogens with two attached hydrogens (primary N) is 1. The van der Waals surface area contributed by atoms with Crippen LogP contribution in [0.15, 0.2) is 24.3 Å². The topological polar surface area (TPSA) is 84.7 Å². The van der Waals surface area contributed by atoms with E-state index in [0.29, 0.717) is 31.6 Å². The second-order valence-electron chi connectivity index (χ2n) is 6.40. The van der Waals surface area contributed by atoms with Gasteiger partial charge in [-0.05, 0) is 37.9 Å². The van der Waals surface area contributed by atoms with Crippen LogP contribution in [-0.4, -0.2) is 37.3 Å². The average Bonchev–Trinajstić information content (AvgIpc) is 2.94. The number of hydrogen-bond donors (Lipinski definition) is 2. The summed E-state index contributed by atoms with van der Waals surface area (Å²) >= 11 is 0. The molecule has 1 unspecified atom stereocenters. The van der Waals surface area contributed by atoms with E-state index in [1.165, 1.54) is 23.1 Å². The standard InChI is InChI=1S/C18H24F3N3O3.ClH/c19-18(20,21)27-14-7-5-6-13(12-14)24-11-9-15(17(24)26)23-16(25)8-3-1-2-4-10-22;/h5-7,12,15H,1-4,8-11,22H2,(H,23,25);1H. The van der Waals surface area contributed by atoms with Crippen LogP contribution in [0.4, 0.5) is 18.9 Å². The summed E-state index contributed by atoms with van der Waals surface area (Å²) in [6.07, 6.45) is -0.528. The Bertz CT molecular complexity index is 658. The molecule has 0 aliphatic carbocycles. The van der Waals surface area contributed by atoms with Crippen molar-refractivity contribution in [3.05, 3.63) is 24.3 Å². The molecule has 1 aromatic carbocycles. The zero-order valence-electron chi connectivity index (χ0n) is 15.3. The van der Waals surface area contributed by atoms with Crippen molar-refractivity contribution in [2.45, 2.75) is 50.9 Å². The highest BCUT2D eigenvalue weighted by molar-refractivity contribution is 6.01. The number of alkyl halides is 3. The van der Waals surface area contributed by atoms with Crippen LogP contribution < -0.4 is 20.7 Å². The largest absolute Gasteiger partial charge is 0.573 e. The Hall–Kier alpha value is -2.00. The molecule has 6 nitrogen and oxygen atoms in total. The minimum Gasteiger partial charge on any atom is -0.406 e. The number of ether oxygens (including phenoxy) is 1. The third-order valence-corrected chi connectivity index (χ3v) is 4.26. The van der Waals surface area contributed by atoms with Gasteiger partial charge in [-0.2, -0.15) is 0 Å². The minimum absolute atomic E-state index is 0. The molecule has 0 radical (unpaired) electrons. The van der Waals surface area contributed by atoms with Gasteiger partial charge in [-0.25, -0.2) is 0 Å². The molecule has 1 heterocycles. The first-order chi connectivity index (χ1) is 12.8. The SMILES string of the molecule is Cl.NCCCCCCC(=O)NC1CCN(c2cccc(OC(F)(F)F)c2)C1=O. The smallest absolute Gasteiger partial charge is 0.406 e. The molecule has 1 fully saturated rings. The number of benzene rings is 1. The molecular weight excluding hydrogens is 399 g/mol. The van der Waals surface area contributed by atoms with Gasteiger partial charge in [-0.1, -0.05) is 18.9 Å². The monoisotopic (exact) mass is 423 g/mol. The van der Waals surface area contributed by atoms with E-state index in [2.05, 4.69) is 10.1 Å². The number of amides is 2. The Morgan fingerprint density at radius 1 is 1.25 bits per heavy atom. The van der Waals surface area contributed by atoms with E-state index < -0.39 is 18.2 Å². The van der Waals surface area contributed by atoms with Gasteiger partial charge < -0.3 is 20.7 Å². The second-order valence-corrected chi connectivity index (χ2v) is 6.40. The van der Waals surface area contributed by atoms with Crippen LogP contribution in [0, 0.1) is 0 Å². The summed E-state index contributed by atoms with van der Waals surface area (Å²) in [6.45, 7) is 0.948. The van der Waals surface area contributed by atoms with Crippen LogP contribution in [0.5, 0.6) is 5.75 Å². The number of carbonyl (C=O) groups excluding carboxylic acids is 2. The van der Waals surface area contributed by atoms with E-state index in [0.717, 1.165) is 31.7 Å². The van der Waals surface area contributed by atoms with Gasteiger partial charge in [0.05, 0.1) is 0 Å². The highest BCUT2D eigenvalue weighted by Crippen LogP contribution is 2.29. The lowest BCUT2D eigenvalue weighted by molar-refractivity contribution is -0.274. The molecule has 158 valence electrons. The molecule has 3 N–H and O–H groups in total. The lowest BCUT2D eigenvalue weighted by Crippen LogP contribution is -2.41. The molecule has 2 amide bonds. The molecule has 1 atom stereocenters. The summed E-state index contributed by atoms with van der Waals surface area (Å²) in [5.74, 6) is -0.925. The van der Waals surface area contributed by atoms with E-state index in [1.54, 1.807) is 0 Å². The molecule has 28 heavy (non-hydrogen) atoms. The third-order valence-electron chi connectivity index (χ3n) is 4.26. The fourth-order valence-corrected chi connectivity index (χ4v) is 2.97. The first kappa shape index (κ1) is 24.0. The van der Waals surface area contributed by atoms with Crippen molar-refractivity contribution in [2.24, 2.45) is 5.73 Å². The normalized spacial score (nSPS) is 16.6. The van der Waals surface area contributed by atoms with Gasteiger partial charge in [0.2, 0.25) is 11.8 Å². The maximum absolute atomic E-state index is 12.5. The number of nitrogens with zero attached hydrogens (tertiary/aromatic N) is 1. The number of anilines is 1. The first-order valence-corrected chi connectivity index (χ1v) is 8.97. The molecular formula is C18H25ClF3N3O3. The van der Waals surface area contributed by atoms with Gasteiger partial charge in [0.1, 0.15) is 11.8 Å². The number of nitrogens with one attached hydrogen (secondary N) is 1. The van der Waals surface area contributed by atoms with E-state index in [4.69, 9.17) is 5.73 Å². The summed E-state index contributed by atoms with van der Waals surface area (Å²) in [5, 5.41) is 2.71. The van der Waals surface area contributed by atoms with Crippen molar-refractivity contribution in [3.8, 4) is 5.75 Å². The number of hydrogen-bond acceptors (Lipinski definition) is 4. The Balaban J connectivity index is 0.00000392. The van der Waals surface area contributed by atoms with Crippen LogP contribution >= 0.6 is 12.4 Å². The molecule has 1 aliphatic heterocycles. The molecule has 2 rings (SSSR count). The van der Waals surface area contributed by atoms with Gasteiger partial charge in [-0.15, -0.1) is 25.6 Å². The zero-order valence-corrected chi connectivity index (χ0v) is 16.2. The molecule has 10 heteroatoms. The first-order valence-electron chi connectivity index (χ1n) is 8.97. The fourth-order valence-electron chi connectivity index (χ4n) is 2.97. The maximum Gasteiger partial charge on any atom is 0.573 e. The van der Waals surface area contributed by atoms with Crippen molar-refractivity contribution >= 4 is 29.9 Å². The predicted molar refractivity (Wildman–Crippen MR) is 101 cm³/mol. The molecule has 1 aromatic rings. The van der Waals surface area contributed by atoms with Gasteiger partial charge in [0.25, 0.3) is 0 Å². The summed E-state index contributed by atoms with van der Waals surface area (Å²) in [4.78, 5) is 25.8. The van der Waals surface area contributed by atoms with Crippen LogP contribution in [0.3, 0.4) is 0 Å². The molecule has 0 aromatic heterocycles. The van der Waals surface area contributed by atoms with Gasteiger partial charge in [0, 0.05) is 24.7 Å². The zero-order chi connectivity index (χ0) is 19.9. The van der Waals surface area contributed by atoms with Gasteiger partial charge >= 0.3 is 6.36 Å². The van der Waals surface area contributed by atoms with Crippen LogP contribution in [0.2, 0.25) is 0 Å². The highest BCUT2D eigenvalue weighted by atomic mass is 35.5. The number of halogens is 4. The molecule has 1 saturated heterocycles. The van der Waals surface area contributed by atoms with Crippen LogP contribution in [0.1, 0.15) is 38.5 Å². The highest BCUT2D eigenvalue weighted by Gasteiger charge is 2.35. The van der Waals surface area contributed by atoms with Crippen molar-refractivity contribution in [1.29, 1.82) is 0 Å². The third kappa shape index (κ3) is 7.55. The predicted octanol–water partition coefficient (Wildman–Crippen LogP) is 3.14. The van der Waals surface area contributed by atoms with Gasteiger partial charge in [-0.3, -0.25) is 9.59 Å². The molecule has 0 saturated carbocycles. The van der Waals surface area contributed by atoms with Crippen molar-refractivity contribution in [2.75, 3.05) is 18.0 Å². The quantitative estimate of drug-likeness (QED) is 0.597.